The van der Waals surface area contributed by atoms with Gasteiger partial charge in [-0.3, -0.25) is 14.3 Å². The first kappa shape index (κ1) is 26.9. The molecular weight excluding hydrogens is 438 g/mol. The second kappa shape index (κ2) is 11.4. The molecule has 1 aromatic heterocycles. The fraction of sp³-hybridized carbons (Fsp3) is 0.607. The van der Waals surface area contributed by atoms with E-state index in [0.717, 1.165) is 24.1 Å². The number of hydrogen-bond acceptors (Lipinski definition) is 4. The van der Waals surface area contributed by atoms with Crippen LogP contribution in [-0.4, -0.2) is 58.2 Å². The van der Waals surface area contributed by atoms with Gasteiger partial charge in [-0.2, -0.15) is 5.10 Å². The van der Waals surface area contributed by atoms with Crippen molar-refractivity contribution in [1.82, 2.24) is 25.3 Å². The maximum Gasteiger partial charge on any atom is 0.269 e. The molecule has 0 radical (unpaired) electrons. The molecule has 7 nitrogen and oxygen atoms in total. The third-order valence-corrected chi connectivity index (χ3v) is 7.49. The average Bonchev–Trinajstić information content (AvgIpc) is 3.31. The molecule has 0 saturated carbocycles. The maximum absolute atomic E-state index is 13.0. The quantitative estimate of drug-likeness (QED) is 0.573. The van der Waals surface area contributed by atoms with Crippen LogP contribution in [0.3, 0.4) is 0 Å². The summed E-state index contributed by atoms with van der Waals surface area (Å²) in [4.78, 5) is 28.3. The summed E-state index contributed by atoms with van der Waals surface area (Å²) < 4.78 is 1.63. The van der Waals surface area contributed by atoms with Crippen molar-refractivity contribution in [2.24, 2.45) is 13.0 Å². The number of rotatable bonds is 9. The lowest BCUT2D eigenvalue weighted by atomic mass is 9.92. The number of nitrogens with one attached hydrogen (secondary N) is 2. The number of carbonyl (C=O) groups is 2. The Morgan fingerprint density at radius 1 is 1.14 bits per heavy atom. The molecule has 1 aliphatic heterocycles. The fourth-order valence-corrected chi connectivity index (χ4v) is 4.94. The standard InChI is InChI=1S/C28H43N5O2/c1-19-15-22(20(2)32(19)6)13-14-26(34)30-23(16-21-11-9-8-10-12-21)18-29-27(35)24-17-25(28(3,4)5)31-33(24)7/h8-12,17,19-20,22-23H,13-16,18H2,1-7H3,(H,29,35)(H,30,34)/t19?,20?,22?,23-/m0/s1. The van der Waals surface area contributed by atoms with Crippen molar-refractivity contribution in [2.75, 3.05) is 13.6 Å². The Morgan fingerprint density at radius 2 is 1.83 bits per heavy atom. The average molecular weight is 482 g/mol. The molecule has 7 heteroatoms. The molecule has 1 aliphatic rings. The highest BCUT2D eigenvalue weighted by molar-refractivity contribution is 5.92. The monoisotopic (exact) mass is 481 g/mol. The second-order valence-corrected chi connectivity index (χ2v) is 11.2. The van der Waals surface area contributed by atoms with Gasteiger partial charge in [-0.05, 0) is 57.7 Å². The lowest BCUT2D eigenvalue weighted by Gasteiger charge is -2.23. The predicted octanol–water partition coefficient (Wildman–Crippen LogP) is 3.68. The molecule has 3 rings (SSSR count). The summed E-state index contributed by atoms with van der Waals surface area (Å²) in [7, 11) is 3.95. The van der Waals surface area contributed by atoms with Gasteiger partial charge in [0.25, 0.3) is 5.91 Å². The molecular formula is C28H43N5O2. The fourth-order valence-electron chi connectivity index (χ4n) is 4.94. The highest BCUT2D eigenvalue weighted by Crippen LogP contribution is 2.31. The lowest BCUT2D eigenvalue weighted by molar-refractivity contribution is -0.122. The Labute approximate surface area is 210 Å². The summed E-state index contributed by atoms with van der Waals surface area (Å²) in [6.45, 7) is 11.1. The van der Waals surface area contributed by atoms with Gasteiger partial charge in [-0.1, -0.05) is 51.1 Å². The minimum atomic E-state index is -0.188. The molecule has 0 spiro atoms. The molecule has 1 aromatic carbocycles. The smallest absolute Gasteiger partial charge is 0.269 e. The SMILES string of the molecule is CC1CC(CCC(=O)N[C@H](CNC(=O)c2cc(C(C)(C)C)nn2C)Cc2ccccc2)C(C)N1C. The van der Waals surface area contributed by atoms with Gasteiger partial charge in [-0.25, -0.2) is 0 Å². The van der Waals surface area contributed by atoms with Crippen LogP contribution in [0.25, 0.3) is 0 Å². The Kier molecular flexibility index (Phi) is 8.75. The van der Waals surface area contributed by atoms with Crippen molar-refractivity contribution < 1.29 is 9.59 Å². The number of aromatic nitrogens is 2. The van der Waals surface area contributed by atoms with Crippen LogP contribution >= 0.6 is 0 Å². The third kappa shape index (κ3) is 7.17. The Bertz CT molecular complexity index is 995. The van der Waals surface area contributed by atoms with Crippen LogP contribution in [0.1, 0.15) is 75.6 Å². The van der Waals surface area contributed by atoms with Gasteiger partial charge < -0.3 is 15.5 Å². The first-order valence-electron chi connectivity index (χ1n) is 12.8. The molecule has 1 fully saturated rings. The summed E-state index contributed by atoms with van der Waals surface area (Å²) in [5, 5.41) is 10.7. The predicted molar refractivity (Wildman–Crippen MR) is 140 cm³/mol. The molecule has 35 heavy (non-hydrogen) atoms. The van der Waals surface area contributed by atoms with Crippen LogP contribution in [0.15, 0.2) is 36.4 Å². The summed E-state index contributed by atoms with van der Waals surface area (Å²) in [5.41, 5.74) is 2.39. The van der Waals surface area contributed by atoms with Gasteiger partial charge in [0.1, 0.15) is 5.69 Å². The van der Waals surface area contributed by atoms with E-state index in [-0.39, 0.29) is 23.3 Å². The molecule has 3 unspecified atom stereocenters. The highest BCUT2D eigenvalue weighted by atomic mass is 16.2. The van der Waals surface area contributed by atoms with Gasteiger partial charge in [0.2, 0.25) is 5.91 Å². The molecule has 2 amide bonds. The number of amides is 2. The zero-order valence-corrected chi connectivity index (χ0v) is 22.5. The Hall–Kier alpha value is -2.67. The normalized spacial score (nSPS) is 21.6. The molecule has 2 N–H and O–H groups in total. The van der Waals surface area contributed by atoms with Gasteiger partial charge in [-0.15, -0.1) is 0 Å². The molecule has 2 aromatic rings. The van der Waals surface area contributed by atoms with E-state index < -0.39 is 0 Å². The molecule has 0 aliphatic carbocycles. The minimum absolute atomic E-state index is 0.0464. The Balaban J connectivity index is 1.61. The van der Waals surface area contributed by atoms with E-state index >= 15 is 0 Å². The topological polar surface area (TPSA) is 79.3 Å². The van der Waals surface area contributed by atoms with E-state index in [4.69, 9.17) is 0 Å². The van der Waals surface area contributed by atoms with E-state index in [9.17, 15) is 9.59 Å². The number of likely N-dealkylation sites (tertiary alicyclic amines) is 1. The van der Waals surface area contributed by atoms with Crippen molar-refractivity contribution in [3.05, 3.63) is 53.3 Å². The van der Waals surface area contributed by atoms with Crippen molar-refractivity contribution in [3.8, 4) is 0 Å². The summed E-state index contributed by atoms with van der Waals surface area (Å²) in [5.74, 6) is 0.402. The summed E-state index contributed by atoms with van der Waals surface area (Å²) in [6.07, 6.45) is 3.18. The number of hydrogen-bond donors (Lipinski definition) is 2. The molecule has 1 saturated heterocycles. The van der Waals surface area contributed by atoms with Crippen molar-refractivity contribution in [2.45, 2.75) is 83.8 Å². The molecule has 0 bridgehead atoms. The van der Waals surface area contributed by atoms with Crippen LogP contribution in [0, 0.1) is 5.92 Å². The van der Waals surface area contributed by atoms with E-state index in [1.807, 2.05) is 24.3 Å². The van der Waals surface area contributed by atoms with E-state index in [1.165, 1.54) is 0 Å². The Morgan fingerprint density at radius 3 is 2.40 bits per heavy atom. The first-order chi connectivity index (χ1) is 16.5. The lowest BCUT2D eigenvalue weighted by Crippen LogP contribution is -2.45. The number of carbonyl (C=O) groups excluding carboxylic acids is 2. The zero-order valence-electron chi connectivity index (χ0n) is 22.5. The maximum atomic E-state index is 13.0. The van der Waals surface area contributed by atoms with E-state index in [2.05, 4.69) is 74.4 Å². The molecule has 2 heterocycles. The van der Waals surface area contributed by atoms with Crippen LogP contribution in [0.2, 0.25) is 0 Å². The van der Waals surface area contributed by atoms with Crippen LogP contribution in [-0.2, 0) is 23.7 Å². The molecule has 192 valence electrons. The van der Waals surface area contributed by atoms with E-state index in [1.54, 1.807) is 11.7 Å². The minimum Gasteiger partial charge on any atom is -0.351 e. The van der Waals surface area contributed by atoms with Gasteiger partial charge >= 0.3 is 0 Å². The second-order valence-electron chi connectivity index (χ2n) is 11.2. The van der Waals surface area contributed by atoms with Gasteiger partial charge in [0, 0.05) is 37.5 Å². The summed E-state index contributed by atoms with van der Waals surface area (Å²) >= 11 is 0. The van der Waals surface area contributed by atoms with Crippen molar-refractivity contribution in [3.63, 3.8) is 0 Å². The van der Waals surface area contributed by atoms with E-state index in [0.29, 0.717) is 43.1 Å². The highest BCUT2D eigenvalue weighted by Gasteiger charge is 2.33. The van der Waals surface area contributed by atoms with Crippen LogP contribution in [0.4, 0.5) is 0 Å². The number of aryl methyl sites for hydroxylation is 1. The number of benzene rings is 1. The third-order valence-electron chi connectivity index (χ3n) is 7.49. The zero-order chi connectivity index (χ0) is 25.8. The van der Waals surface area contributed by atoms with Crippen molar-refractivity contribution in [1.29, 1.82) is 0 Å². The first-order valence-corrected chi connectivity index (χ1v) is 12.8. The van der Waals surface area contributed by atoms with Gasteiger partial charge in [0.05, 0.1) is 11.7 Å². The van der Waals surface area contributed by atoms with Crippen molar-refractivity contribution >= 4 is 11.8 Å². The van der Waals surface area contributed by atoms with Crippen LogP contribution < -0.4 is 10.6 Å². The molecule has 4 atom stereocenters. The van der Waals surface area contributed by atoms with Crippen LogP contribution in [0.5, 0.6) is 0 Å². The summed E-state index contributed by atoms with van der Waals surface area (Å²) in [6, 6.07) is 12.8. The largest absolute Gasteiger partial charge is 0.351 e. The van der Waals surface area contributed by atoms with Gasteiger partial charge in [0.15, 0.2) is 0 Å². The number of nitrogens with zero attached hydrogens (tertiary/aromatic N) is 3.